The molecule has 1 saturated carbocycles. The topological polar surface area (TPSA) is 111 Å². The van der Waals surface area contributed by atoms with Crippen molar-refractivity contribution in [2.45, 2.75) is 25.3 Å². The van der Waals surface area contributed by atoms with E-state index in [0.717, 1.165) is 17.0 Å². The summed E-state index contributed by atoms with van der Waals surface area (Å²) in [6, 6.07) is 14.9. The van der Waals surface area contributed by atoms with Gasteiger partial charge in [-0.15, -0.1) is 0 Å². The Morgan fingerprint density at radius 1 is 1.13 bits per heavy atom. The van der Waals surface area contributed by atoms with Crippen molar-refractivity contribution in [3.8, 4) is 11.4 Å². The number of hydrogen-bond acceptors (Lipinski definition) is 5. The largest absolute Gasteiger partial charge is 0.481 e. The third-order valence-electron chi connectivity index (χ3n) is 5.77. The summed E-state index contributed by atoms with van der Waals surface area (Å²) in [5, 5.41) is 19.2. The number of carbonyl (C=O) groups is 2. The molecule has 0 atom stereocenters. The Bertz CT molecular complexity index is 1110. The Morgan fingerprint density at radius 2 is 1.90 bits per heavy atom. The zero-order chi connectivity index (χ0) is 21.4. The number of aromatic amines is 1. The number of likely N-dealkylation sites (tertiary alicyclic amines) is 1. The third-order valence-corrected chi connectivity index (χ3v) is 5.77. The molecular weight excluding hydrogens is 394 g/mol. The molecule has 1 aromatic heterocycles. The molecule has 2 fully saturated rings. The lowest BCUT2D eigenvalue weighted by Crippen LogP contribution is -2.49. The van der Waals surface area contributed by atoms with Crippen LogP contribution in [0.5, 0.6) is 0 Å². The van der Waals surface area contributed by atoms with E-state index in [2.05, 4.69) is 25.4 Å². The second-order valence-electron chi connectivity index (χ2n) is 8.28. The van der Waals surface area contributed by atoms with Crippen LogP contribution in [-0.2, 0) is 11.3 Å². The van der Waals surface area contributed by atoms with Gasteiger partial charge in [-0.2, -0.15) is 5.10 Å². The average Bonchev–Trinajstić information content (AvgIpc) is 3.48. The first kappa shape index (κ1) is 19.4. The van der Waals surface area contributed by atoms with E-state index in [1.807, 2.05) is 42.5 Å². The van der Waals surface area contributed by atoms with Crippen molar-refractivity contribution < 1.29 is 14.7 Å². The number of amides is 1. The molecule has 1 saturated heterocycles. The Morgan fingerprint density at radius 3 is 2.61 bits per heavy atom. The highest BCUT2D eigenvalue weighted by atomic mass is 16.4. The Hall–Kier alpha value is -3.52. The van der Waals surface area contributed by atoms with Crippen LogP contribution in [0.15, 0.2) is 48.5 Å². The van der Waals surface area contributed by atoms with Crippen LogP contribution in [0.2, 0.25) is 0 Å². The number of hydrogen-bond donors (Lipinski definition) is 3. The van der Waals surface area contributed by atoms with Crippen LogP contribution in [-0.4, -0.2) is 50.2 Å². The number of carboxylic acids is 1. The molecule has 0 radical (unpaired) electrons. The number of benzene rings is 2. The highest BCUT2D eigenvalue weighted by molar-refractivity contribution is 6.04. The van der Waals surface area contributed by atoms with Crippen molar-refractivity contribution in [2.75, 3.05) is 18.4 Å². The second kappa shape index (κ2) is 7.96. The molecule has 3 aromatic rings. The number of carboxylic acid groups (broad SMARTS) is 1. The minimum absolute atomic E-state index is 0.185. The molecule has 8 heteroatoms. The van der Waals surface area contributed by atoms with Gasteiger partial charge in [0.2, 0.25) is 0 Å². The SMILES string of the molecule is O=C(Nc1ccc(-c2n[nH]c(C3CC3)n2)cc1)c1cccc(CN2CC(C(=O)O)C2)c1. The predicted molar refractivity (Wildman–Crippen MR) is 115 cm³/mol. The highest BCUT2D eigenvalue weighted by Gasteiger charge is 2.32. The van der Waals surface area contributed by atoms with Gasteiger partial charge >= 0.3 is 5.97 Å². The molecule has 1 aliphatic carbocycles. The summed E-state index contributed by atoms with van der Waals surface area (Å²) >= 11 is 0. The summed E-state index contributed by atoms with van der Waals surface area (Å²) in [7, 11) is 0. The van der Waals surface area contributed by atoms with E-state index in [-0.39, 0.29) is 11.8 Å². The fraction of sp³-hybridized carbons (Fsp3) is 0.304. The van der Waals surface area contributed by atoms with E-state index in [9.17, 15) is 9.59 Å². The van der Waals surface area contributed by atoms with Crippen molar-refractivity contribution in [3.63, 3.8) is 0 Å². The van der Waals surface area contributed by atoms with Crippen molar-refractivity contribution in [3.05, 3.63) is 65.5 Å². The van der Waals surface area contributed by atoms with Crippen LogP contribution in [0.25, 0.3) is 11.4 Å². The molecule has 158 valence electrons. The molecule has 31 heavy (non-hydrogen) atoms. The van der Waals surface area contributed by atoms with Gasteiger partial charge in [-0.3, -0.25) is 19.6 Å². The summed E-state index contributed by atoms with van der Waals surface area (Å²) in [6.45, 7) is 1.73. The summed E-state index contributed by atoms with van der Waals surface area (Å²) in [5.74, 6) is 0.923. The maximum absolute atomic E-state index is 12.7. The second-order valence-corrected chi connectivity index (χ2v) is 8.28. The molecule has 0 bridgehead atoms. The molecule has 0 spiro atoms. The van der Waals surface area contributed by atoms with Gasteiger partial charge in [0, 0.05) is 42.4 Å². The van der Waals surface area contributed by atoms with Crippen LogP contribution < -0.4 is 5.32 Å². The van der Waals surface area contributed by atoms with E-state index in [0.29, 0.717) is 42.6 Å². The van der Waals surface area contributed by atoms with Crippen LogP contribution in [0.3, 0.4) is 0 Å². The fourth-order valence-electron chi connectivity index (χ4n) is 3.77. The van der Waals surface area contributed by atoms with Gasteiger partial charge in [0.25, 0.3) is 5.91 Å². The molecular formula is C23H23N5O3. The monoisotopic (exact) mass is 417 g/mol. The van der Waals surface area contributed by atoms with E-state index in [1.165, 1.54) is 12.8 Å². The van der Waals surface area contributed by atoms with Gasteiger partial charge in [0.15, 0.2) is 5.82 Å². The molecule has 2 aliphatic rings. The predicted octanol–water partition coefficient (Wildman–Crippen LogP) is 3.12. The Kier molecular flexibility index (Phi) is 4.99. The fourth-order valence-corrected chi connectivity index (χ4v) is 3.77. The molecule has 8 nitrogen and oxygen atoms in total. The van der Waals surface area contributed by atoms with Crippen molar-refractivity contribution in [2.24, 2.45) is 5.92 Å². The van der Waals surface area contributed by atoms with E-state index < -0.39 is 5.97 Å². The maximum Gasteiger partial charge on any atom is 0.309 e. The smallest absolute Gasteiger partial charge is 0.309 e. The number of nitrogens with one attached hydrogen (secondary N) is 2. The summed E-state index contributed by atoms with van der Waals surface area (Å²) in [4.78, 5) is 30.2. The van der Waals surface area contributed by atoms with Gasteiger partial charge in [0.05, 0.1) is 5.92 Å². The molecule has 3 N–H and O–H groups in total. The number of H-pyrrole nitrogens is 1. The first-order valence-electron chi connectivity index (χ1n) is 10.4. The highest BCUT2D eigenvalue weighted by Crippen LogP contribution is 2.38. The molecule has 2 aromatic carbocycles. The van der Waals surface area contributed by atoms with Gasteiger partial charge in [-0.05, 0) is 54.8 Å². The van der Waals surface area contributed by atoms with Crippen molar-refractivity contribution in [1.82, 2.24) is 20.1 Å². The van der Waals surface area contributed by atoms with Crippen LogP contribution in [0, 0.1) is 5.92 Å². The van der Waals surface area contributed by atoms with Gasteiger partial charge in [-0.1, -0.05) is 12.1 Å². The van der Waals surface area contributed by atoms with E-state index in [4.69, 9.17) is 5.11 Å². The van der Waals surface area contributed by atoms with Gasteiger partial charge in [-0.25, -0.2) is 4.98 Å². The number of aromatic nitrogens is 3. The quantitative estimate of drug-likeness (QED) is 0.545. The number of anilines is 1. The lowest BCUT2D eigenvalue weighted by molar-refractivity contribution is -0.147. The minimum Gasteiger partial charge on any atom is -0.481 e. The van der Waals surface area contributed by atoms with Gasteiger partial charge in [0.1, 0.15) is 5.82 Å². The molecule has 5 rings (SSSR count). The van der Waals surface area contributed by atoms with Crippen molar-refractivity contribution >= 4 is 17.6 Å². The summed E-state index contributed by atoms with van der Waals surface area (Å²) in [5.41, 5.74) is 3.16. The maximum atomic E-state index is 12.7. The lowest BCUT2D eigenvalue weighted by atomic mass is 9.99. The van der Waals surface area contributed by atoms with Crippen LogP contribution in [0.4, 0.5) is 5.69 Å². The number of nitrogens with zero attached hydrogens (tertiary/aromatic N) is 3. The summed E-state index contributed by atoms with van der Waals surface area (Å²) < 4.78 is 0. The minimum atomic E-state index is -0.748. The number of rotatable bonds is 7. The third kappa shape index (κ3) is 4.34. The average molecular weight is 417 g/mol. The lowest BCUT2D eigenvalue weighted by Gasteiger charge is -2.36. The standard InChI is InChI=1S/C23H23N5O3/c29-22(17-3-1-2-14(10-17)11-28-12-18(13-28)23(30)31)24-19-8-6-16(7-9-19)21-25-20(26-27-21)15-4-5-15/h1-3,6-10,15,18H,4-5,11-13H2,(H,24,29)(H,30,31)(H,25,26,27). The van der Waals surface area contributed by atoms with E-state index >= 15 is 0 Å². The molecule has 0 unspecified atom stereocenters. The van der Waals surface area contributed by atoms with Crippen LogP contribution >= 0.6 is 0 Å². The van der Waals surface area contributed by atoms with Gasteiger partial charge < -0.3 is 10.4 Å². The van der Waals surface area contributed by atoms with E-state index in [1.54, 1.807) is 6.07 Å². The first-order valence-corrected chi connectivity index (χ1v) is 10.4. The summed E-state index contributed by atoms with van der Waals surface area (Å²) in [6.07, 6.45) is 2.34. The zero-order valence-corrected chi connectivity index (χ0v) is 16.9. The Balaban J connectivity index is 1.20. The first-order chi connectivity index (χ1) is 15.0. The Labute approximate surface area is 179 Å². The molecule has 2 heterocycles. The zero-order valence-electron chi connectivity index (χ0n) is 16.9. The molecule has 1 amide bonds. The molecule has 1 aliphatic heterocycles. The number of carbonyl (C=O) groups excluding carboxylic acids is 1. The van der Waals surface area contributed by atoms with Crippen molar-refractivity contribution in [1.29, 1.82) is 0 Å². The van der Waals surface area contributed by atoms with Crippen LogP contribution in [0.1, 0.15) is 40.5 Å². The normalized spacial score (nSPS) is 16.6. The number of aliphatic carboxylic acids is 1.